The average Bonchev–Trinajstić information content (AvgIpc) is 2.53. The number of rotatable bonds is 0. The average molecular weight is 218 g/mol. The van der Waals surface area contributed by atoms with Crippen LogP contribution >= 0.6 is 0 Å². The highest BCUT2D eigenvalue weighted by Crippen LogP contribution is 2.32. The van der Waals surface area contributed by atoms with Crippen molar-refractivity contribution in [2.45, 2.75) is 26.0 Å². The number of para-hydroxylation sites is 1. The molecule has 1 aromatic heterocycles. The van der Waals surface area contributed by atoms with Gasteiger partial charge in [0.1, 0.15) is 0 Å². The normalized spacial score (nSPS) is 24.6. The van der Waals surface area contributed by atoms with Crippen molar-refractivity contribution in [2.24, 2.45) is 5.92 Å². The molecule has 1 aliphatic heterocycles. The maximum absolute atomic E-state index is 11.7. The summed E-state index contributed by atoms with van der Waals surface area (Å²) in [5.74, 6) is 0.185. The molecule has 16 heavy (non-hydrogen) atoms. The first-order valence-corrected chi connectivity index (χ1v) is 5.58. The van der Waals surface area contributed by atoms with Gasteiger partial charge in [-0.2, -0.15) is 0 Å². The largest absolute Gasteiger partial charge is 0.388 e. The van der Waals surface area contributed by atoms with Crippen LogP contribution in [0.5, 0.6) is 0 Å². The van der Waals surface area contributed by atoms with Crippen LogP contribution in [0.2, 0.25) is 0 Å². The molecule has 4 nitrogen and oxygen atoms in total. The number of aromatic nitrogens is 2. The Hall–Kier alpha value is -1.55. The minimum atomic E-state index is -0.479. The molecule has 0 fully saturated rings. The quantitative estimate of drug-likeness (QED) is 0.702. The minimum absolute atomic E-state index is 0.0799. The third-order valence-electron chi connectivity index (χ3n) is 3.49. The van der Waals surface area contributed by atoms with Crippen LogP contribution in [0.4, 0.5) is 0 Å². The van der Waals surface area contributed by atoms with Crippen LogP contribution in [0.15, 0.2) is 23.0 Å². The Bertz CT molecular complexity index is 597. The van der Waals surface area contributed by atoms with Gasteiger partial charge in [-0.15, -0.1) is 0 Å². The van der Waals surface area contributed by atoms with E-state index in [1.54, 1.807) is 4.57 Å². The highest BCUT2D eigenvalue weighted by Gasteiger charge is 2.25. The van der Waals surface area contributed by atoms with Crippen molar-refractivity contribution in [2.75, 3.05) is 0 Å². The second-order valence-electron chi connectivity index (χ2n) is 4.54. The zero-order chi connectivity index (χ0) is 11.3. The summed E-state index contributed by atoms with van der Waals surface area (Å²) in [6, 6.07) is 5.65. The number of imidazole rings is 1. The van der Waals surface area contributed by atoms with Crippen LogP contribution in [-0.4, -0.2) is 14.7 Å². The van der Waals surface area contributed by atoms with E-state index >= 15 is 0 Å². The van der Waals surface area contributed by atoms with Gasteiger partial charge < -0.3 is 10.1 Å². The van der Waals surface area contributed by atoms with E-state index in [9.17, 15) is 9.90 Å². The number of H-pyrrole nitrogens is 1. The molecule has 0 amide bonds. The molecular formula is C12H14N2O2. The molecule has 0 radical (unpaired) electrons. The maximum Gasteiger partial charge on any atom is 0.326 e. The second kappa shape index (κ2) is 3.22. The van der Waals surface area contributed by atoms with Gasteiger partial charge in [0.2, 0.25) is 0 Å². The van der Waals surface area contributed by atoms with E-state index in [2.05, 4.69) is 4.98 Å². The molecule has 1 aliphatic rings. The lowest BCUT2D eigenvalue weighted by Gasteiger charge is -2.15. The van der Waals surface area contributed by atoms with E-state index in [1.165, 1.54) is 0 Å². The molecular weight excluding hydrogens is 204 g/mol. The standard InChI is InChI=1S/C12H14N2O2/c1-7-5-6-14-10-8(11(7)15)3-2-4-9(10)13-12(14)16/h2-4,7,11,15H,5-6H2,1H3,(H,13,16)/t7-,11?/m1/s1. The van der Waals surface area contributed by atoms with E-state index in [1.807, 2.05) is 25.1 Å². The summed E-state index contributed by atoms with van der Waals surface area (Å²) < 4.78 is 1.73. The van der Waals surface area contributed by atoms with Gasteiger partial charge in [-0.25, -0.2) is 4.79 Å². The van der Waals surface area contributed by atoms with Crippen LogP contribution in [0, 0.1) is 5.92 Å². The molecule has 0 saturated heterocycles. The fourth-order valence-electron chi connectivity index (χ4n) is 2.50. The summed E-state index contributed by atoms with van der Waals surface area (Å²) in [5.41, 5.74) is 2.46. The Kier molecular flexibility index (Phi) is 1.94. The monoisotopic (exact) mass is 218 g/mol. The first-order chi connectivity index (χ1) is 7.68. The van der Waals surface area contributed by atoms with Gasteiger partial charge in [0.15, 0.2) is 0 Å². The SMILES string of the molecule is C[C@@H]1CCn2c(=O)[nH]c3cccc(c32)C1O. The maximum atomic E-state index is 11.7. The molecule has 0 bridgehead atoms. The topological polar surface area (TPSA) is 58.0 Å². The molecule has 2 atom stereocenters. The summed E-state index contributed by atoms with van der Waals surface area (Å²) in [7, 11) is 0. The summed E-state index contributed by atoms with van der Waals surface area (Å²) in [6.07, 6.45) is 0.343. The van der Waals surface area contributed by atoms with Crippen molar-refractivity contribution < 1.29 is 5.11 Å². The zero-order valence-corrected chi connectivity index (χ0v) is 9.10. The number of nitrogens with zero attached hydrogens (tertiary/aromatic N) is 1. The Morgan fingerprint density at radius 2 is 2.31 bits per heavy atom. The summed E-state index contributed by atoms with van der Waals surface area (Å²) in [4.78, 5) is 14.6. The predicted octanol–water partition coefficient (Wildman–Crippen LogP) is 1.40. The van der Waals surface area contributed by atoms with E-state index in [0.29, 0.717) is 6.54 Å². The second-order valence-corrected chi connectivity index (χ2v) is 4.54. The van der Waals surface area contributed by atoms with Crippen molar-refractivity contribution in [1.82, 2.24) is 9.55 Å². The number of hydrogen-bond donors (Lipinski definition) is 2. The summed E-state index contributed by atoms with van der Waals surface area (Å²) >= 11 is 0. The third-order valence-corrected chi connectivity index (χ3v) is 3.49. The van der Waals surface area contributed by atoms with Crippen LogP contribution in [0.25, 0.3) is 11.0 Å². The lowest BCUT2D eigenvalue weighted by molar-refractivity contribution is 0.115. The van der Waals surface area contributed by atoms with Crippen molar-refractivity contribution in [3.8, 4) is 0 Å². The minimum Gasteiger partial charge on any atom is -0.388 e. The highest BCUT2D eigenvalue weighted by molar-refractivity contribution is 5.79. The summed E-state index contributed by atoms with van der Waals surface area (Å²) in [5, 5.41) is 10.2. The fraction of sp³-hybridized carbons (Fsp3) is 0.417. The van der Waals surface area contributed by atoms with E-state index in [4.69, 9.17) is 0 Å². The molecule has 84 valence electrons. The number of benzene rings is 1. The molecule has 1 unspecified atom stereocenters. The molecule has 3 rings (SSSR count). The van der Waals surface area contributed by atoms with Crippen LogP contribution in [-0.2, 0) is 6.54 Å². The van der Waals surface area contributed by atoms with Gasteiger partial charge in [0.25, 0.3) is 0 Å². The van der Waals surface area contributed by atoms with E-state index in [0.717, 1.165) is 23.0 Å². The van der Waals surface area contributed by atoms with Gasteiger partial charge in [0.05, 0.1) is 17.1 Å². The van der Waals surface area contributed by atoms with Gasteiger partial charge in [-0.3, -0.25) is 4.57 Å². The van der Waals surface area contributed by atoms with Gasteiger partial charge in [-0.1, -0.05) is 19.1 Å². The third kappa shape index (κ3) is 1.16. The van der Waals surface area contributed by atoms with Gasteiger partial charge >= 0.3 is 5.69 Å². The van der Waals surface area contributed by atoms with Crippen molar-refractivity contribution in [3.05, 3.63) is 34.2 Å². The molecule has 2 heterocycles. The van der Waals surface area contributed by atoms with Gasteiger partial charge in [-0.05, 0) is 18.4 Å². The predicted molar refractivity (Wildman–Crippen MR) is 61.3 cm³/mol. The number of aromatic amines is 1. The van der Waals surface area contributed by atoms with Crippen LogP contribution in [0.3, 0.4) is 0 Å². The molecule has 0 spiro atoms. The lowest BCUT2D eigenvalue weighted by Crippen LogP contribution is -2.17. The number of nitrogens with one attached hydrogen (secondary N) is 1. The Labute approximate surface area is 92.5 Å². The molecule has 0 aliphatic carbocycles. The van der Waals surface area contributed by atoms with Crippen LogP contribution < -0.4 is 5.69 Å². The van der Waals surface area contributed by atoms with Crippen molar-refractivity contribution in [1.29, 1.82) is 0 Å². The van der Waals surface area contributed by atoms with E-state index < -0.39 is 6.10 Å². The fourth-order valence-corrected chi connectivity index (χ4v) is 2.50. The molecule has 2 aromatic rings. The molecule has 4 heteroatoms. The smallest absolute Gasteiger partial charge is 0.326 e. The molecule has 1 aromatic carbocycles. The Balaban J connectivity index is 2.41. The van der Waals surface area contributed by atoms with Crippen molar-refractivity contribution in [3.63, 3.8) is 0 Å². The first kappa shape index (κ1) is 9.66. The Morgan fingerprint density at radius 1 is 1.50 bits per heavy atom. The zero-order valence-electron chi connectivity index (χ0n) is 9.10. The lowest BCUT2D eigenvalue weighted by atomic mass is 9.95. The van der Waals surface area contributed by atoms with Crippen LogP contribution in [0.1, 0.15) is 25.0 Å². The first-order valence-electron chi connectivity index (χ1n) is 5.58. The Morgan fingerprint density at radius 3 is 3.12 bits per heavy atom. The van der Waals surface area contributed by atoms with Gasteiger partial charge in [0, 0.05) is 12.1 Å². The molecule has 0 saturated carbocycles. The number of hydrogen-bond acceptors (Lipinski definition) is 2. The highest BCUT2D eigenvalue weighted by atomic mass is 16.3. The van der Waals surface area contributed by atoms with Crippen molar-refractivity contribution >= 4 is 11.0 Å². The summed E-state index contributed by atoms with van der Waals surface area (Å²) in [6.45, 7) is 2.69. The number of aryl methyl sites for hydroxylation is 1. The molecule has 2 N–H and O–H groups in total. The number of aliphatic hydroxyl groups is 1. The van der Waals surface area contributed by atoms with E-state index in [-0.39, 0.29) is 11.6 Å². The number of aliphatic hydroxyl groups excluding tert-OH is 1.